The zero-order chi connectivity index (χ0) is 18.7. The number of pyridine rings is 1. The highest BCUT2D eigenvalue weighted by Crippen LogP contribution is 2.23. The molecular weight excluding hydrogens is 350 g/mol. The first kappa shape index (κ1) is 17.9. The van der Waals surface area contributed by atoms with Crippen LogP contribution in [0.5, 0.6) is 0 Å². The molecule has 0 aliphatic heterocycles. The van der Waals surface area contributed by atoms with Crippen molar-refractivity contribution in [3.63, 3.8) is 0 Å². The molecule has 0 fully saturated rings. The van der Waals surface area contributed by atoms with Gasteiger partial charge in [-0.1, -0.05) is 31.5 Å². The molecule has 5 nitrogen and oxygen atoms in total. The molecule has 1 heterocycles. The number of amides is 2. The molecule has 2 aromatic carbocycles. The lowest BCUT2D eigenvalue weighted by atomic mass is 10.1. The van der Waals surface area contributed by atoms with Gasteiger partial charge in [-0.25, -0.2) is 0 Å². The Morgan fingerprint density at radius 2 is 1.65 bits per heavy atom. The van der Waals surface area contributed by atoms with Crippen molar-refractivity contribution in [1.29, 1.82) is 0 Å². The van der Waals surface area contributed by atoms with Gasteiger partial charge in [-0.15, -0.1) is 0 Å². The molecule has 132 valence electrons. The van der Waals surface area contributed by atoms with Crippen molar-refractivity contribution in [1.82, 2.24) is 4.98 Å². The lowest BCUT2D eigenvalue weighted by Crippen LogP contribution is -2.17. The third kappa shape index (κ3) is 4.00. The van der Waals surface area contributed by atoms with Crippen molar-refractivity contribution in [2.45, 2.75) is 13.8 Å². The number of hydrogen-bond donors (Lipinski definition) is 2. The molecule has 26 heavy (non-hydrogen) atoms. The van der Waals surface area contributed by atoms with Gasteiger partial charge in [0.1, 0.15) is 0 Å². The zero-order valence-electron chi connectivity index (χ0n) is 14.4. The lowest BCUT2D eigenvalue weighted by Gasteiger charge is -2.10. The van der Waals surface area contributed by atoms with Crippen LogP contribution in [-0.4, -0.2) is 16.8 Å². The normalized spacial score (nSPS) is 10.8. The van der Waals surface area contributed by atoms with Crippen molar-refractivity contribution in [3.05, 3.63) is 65.3 Å². The van der Waals surface area contributed by atoms with Crippen molar-refractivity contribution in [3.8, 4) is 0 Å². The Labute approximate surface area is 156 Å². The highest BCUT2D eigenvalue weighted by Gasteiger charge is 2.13. The van der Waals surface area contributed by atoms with E-state index < -0.39 is 0 Å². The van der Waals surface area contributed by atoms with E-state index in [1.165, 1.54) is 0 Å². The highest BCUT2D eigenvalue weighted by molar-refractivity contribution is 6.32. The van der Waals surface area contributed by atoms with E-state index in [2.05, 4.69) is 15.6 Å². The number of nitrogens with zero attached hydrogens (tertiary/aromatic N) is 1. The van der Waals surface area contributed by atoms with E-state index in [1.54, 1.807) is 48.7 Å². The zero-order valence-corrected chi connectivity index (χ0v) is 15.2. The fourth-order valence-corrected chi connectivity index (χ4v) is 2.68. The average Bonchev–Trinajstić information content (AvgIpc) is 2.62. The summed E-state index contributed by atoms with van der Waals surface area (Å²) >= 11 is 6.12. The Morgan fingerprint density at radius 1 is 1.00 bits per heavy atom. The molecule has 0 aliphatic carbocycles. The van der Waals surface area contributed by atoms with E-state index in [1.807, 2.05) is 19.9 Å². The SMILES string of the molecule is CC(C)C(=O)Nc1ccc(NC(=O)c2cc(Cl)cc3cccnc23)cc1. The molecule has 2 amide bonds. The third-order valence-electron chi connectivity index (χ3n) is 3.85. The van der Waals surface area contributed by atoms with Crippen LogP contribution in [0.4, 0.5) is 11.4 Å². The predicted octanol–water partition coefficient (Wildman–Crippen LogP) is 4.74. The summed E-state index contributed by atoms with van der Waals surface area (Å²) in [7, 11) is 0. The van der Waals surface area contributed by atoms with Crippen molar-refractivity contribution in [2.75, 3.05) is 10.6 Å². The van der Waals surface area contributed by atoms with Crippen LogP contribution in [0.25, 0.3) is 10.9 Å². The summed E-state index contributed by atoms with van der Waals surface area (Å²) in [6.07, 6.45) is 1.64. The first-order valence-electron chi connectivity index (χ1n) is 8.20. The predicted molar refractivity (Wildman–Crippen MR) is 105 cm³/mol. The number of carbonyl (C=O) groups is 2. The highest BCUT2D eigenvalue weighted by atomic mass is 35.5. The fraction of sp³-hybridized carbons (Fsp3) is 0.150. The molecule has 3 rings (SSSR count). The quantitative estimate of drug-likeness (QED) is 0.699. The first-order valence-corrected chi connectivity index (χ1v) is 8.58. The monoisotopic (exact) mass is 367 g/mol. The molecule has 3 aromatic rings. The van der Waals surface area contributed by atoms with Gasteiger partial charge in [0.05, 0.1) is 11.1 Å². The maximum atomic E-state index is 12.7. The fourth-order valence-electron chi connectivity index (χ4n) is 2.45. The summed E-state index contributed by atoms with van der Waals surface area (Å²) in [4.78, 5) is 28.7. The van der Waals surface area contributed by atoms with Crippen LogP contribution in [0.2, 0.25) is 5.02 Å². The van der Waals surface area contributed by atoms with Gasteiger partial charge in [0.25, 0.3) is 5.91 Å². The van der Waals surface area contributed by atoms with E-state index in [0.717, 1.165) is 5.39 Å². The Bertz CT molecular complexity index is 968. The van der Waals surface area contributed by atoms with Crippen molar-refractivity contribution < 1.29 is 9.59 Å². The summed E-state index contributed by atoms with van der Waals surface area (Å²) in [5.41, 5.74) is 2.29. The average molecular weight is 368 g/mol. The number of hydrogen-bond acceptors (Lipinski definition) is 3. The number of nitrogens with one attached hydrogen (secondary N) is 2. The van der Waals surface area contributed by atoms with Crippen LogP contribution in [0, 0.1) is 5.92 Å². The Morgan fingerprint density at radius 3 is 2.31 bits per heavy atom. The second kappa shape index (κ2) is 7.54. The van der Waals surface area contributed by atoms with Gasteiger partial charge in [-0.3, -0.25) is 14.6 Å². The van der Waals surface area contributed by atoms with E-state index in [4.69, 9.17) is 11.6 Å². The maximum Gasteiger partial charge on any atom is 0.257 e. The molecule has 0 bridgehead atoms. The number of rotatable bonds is 4. The number of benzene rings is 2. The van der Waals surface area contributed by atoms with E-state index in [-0.39, 0.29) is 17.7 Å². The largest absolute Gasteiger partial charge is 0.326 e. The summed E-state index contributed by atoms with van der Waals surface area (Å²) < 4.78 is 0. The van der Waals surface area contributed by atoms with Gasteiger partial charge >= 0.3 is 0 Å². The van der Waals surface area contributed by atoms with E-state index in [0.29, 0.717) is 27.5 Å². The van der Waals surface area contributed by atoms with Crippen molar-refractivity contribution >= 4 is 45.7 Å². The minimum Gasteiger partial charge on any atom is -0.326 e. The van der Waals surface area contributed by atoms with Gasteiger partial charge in [0, 0.05) is 33.9 Å². The molecular formula is C20H18ClN3O2. The topological polar surface area (TPSA) is 71.1 Å². The molecule has 0 radical (unpaired) electrons. The second-order valence-electron chi connectivity index (χ2n) is 6.20. The standard InChI is InChI=1S/C20H18ClN3O2/c1-12(2)19(25)23-15-5-7-16(8-6-15)24-20(26)17-11-14(21)10-13-4-3-9-22-18(13)17/h3-12H,1-2H3,(H,23,25)(H,24,26). The van der Waals surface area contributed by atoms with Crippen LogP contribution >= 0.6 is 11.6 Å². The Balaban J connectivity index is 1.79. The van der Waals surface area contributed by atoms with Gasteiger partial charge in [-0.05, 0) is 42.5 Å². The summed E-state index contributed by atoms with van der Waals surface area (Å²) in [5, 5.41) is 6.91. The van der Waals surface area contributed by atoms with Crippen LogP contribution < -0.4 is 10.6 Å². The van der Waals surface area contributed by atoms with E-state index >= 15 is 0 Å². The van der Waals surface area contributed by atoms with Gasteiger partial charge in [-0.2, -0.15) is 0 Å². The van der Waals surface area contributed by atoms with Gasteiger partial charge in [0.2, 0.25) is 5.91 Å². The Hall–Kier alpha value is -2.92. The summed E-state index contributed by atoms with van der Waals surface area (Å²) in [6, 6.07) is 14.0. The molecule has 0 saturated carbocycles. The lowest BCUT2D eigenvalue weighted by molar-refractivity contribution is -0.118. The number of carbonyl (C=O) groups excluding carboxylic acids is 2. The van der Waals surface area contributed by atoms with E-state index in [9.17, 15) is 9.59 Å². The molecule has 6 heteroatoms. The minimum absolute atomic E-state index is 0.0572. The molecule has 0 spiro atoms. The van der Waals surface area contributed by atoms with Crippen molar-refractivity contribution in [2.24, 2.45) is 5.92 Å². The Kier molecular flexibility index (Phi) is 5.19. The van der Waals surface area contributed by atoms with Crippen LogP contribution in [0.1, 0.15) is 24.2 Å². The number of anilines is 2. The smallest absolute Gasteiger partial charge is 0.257 e. The van der Waals surface area contributed by atoms with Gasteiger partial charge < -0.3 is 10.6 Å². The minimum atomic E-state index is -0.296. The molecule has 2 N–H and O–H groups in total. The molecule has 0 aliphatic rings. The van der Waals surface area contributed by atoms with Crippen LogP contribution in [-0.2, 0) is 4.79 Å². The second-order valence-corrected chi connectivity index (χ2v) is 6.64. The third-order valence-corrected chi connectivity index (χ3v) is 4.07. The van der Waals surface area contributed by atoms with Crippen LogP contribution in [0.3, 0.4) is 0 Å². The molecule has 0 unspecified atom stereocenters. The van der Waals surface area contributed by atoms with Crippen LogP contribution in [0.15, 0.2) is 54.7 Å². The number of fused-ring (bicyclic) bond motifs is 1. The molecule has 1 aromatic heterocycles. The number of halogens is 1. The van der Waals surface area contributed by atoms with Gasteiger partial charge in [0.15, 0.2) is 0 Å². The molecule has 0 saturated heterocycles. The molecule has 0 atom stereocenters. The first-order chi connectivity index (χ1) is 12.4. The number of aromatic nitrogens is 1. The summed E-state index contributed by atoms with van der Waals surface area (Å²) in [5.74, 6) is -0.452. The summed E-state index contributed by atoms with van der Waals surface area (Å²) in [6.45, 7) is 3.65. The maximum absolute atomic E-state index is 12.7.